The minimum Gasteiger partial charge on any atom is -0.453 e. The van der Waals surface area contributed by atoms with Gasteiger partial charge in [-0.25, -0.2) is 0 Å². The van der Waals surface area contributed by atoms with E-state index in [4.69, 9.17) is 16.3 Å². The third-order valence-corrected chi connectivity index (χ3v) is 4.39. The largest absolute Gasteiger partial charge is 0.453 e. The number of hydrogen-bond acceptors (Lipinski definition) is 4. The quantitative estimate of drug-likeness (QED) is 0.776. The van der Waals surface area contributed by atoms with Gasteiger partial charge in [0.05, 0.1) is 0 Å². The maximum atomic E-state index is 12.0. The lowest BCUT2D eigenvalue weighted by atomic mass is 10.2. The predicted molar refractivity (Wildman–Crippen MR) is 91.5 cm³/mol. The van der Waals surface area contributed by atoms with E-state index in [1.165, 1.54) is 0 Å². The van der Waals surface area contributed by atoms with E-state index in [0.29, 0.717) is 18.0 Å². The average Bonchev–Trinajstić information content (AvgIpc) is 3.05. The average molecular weight is 352 g/mol. The Morgan fingerprint density at radius 3 is 2.78 bits per heavy atom. The van der Waals surface area contributed by atoms with Crippen molar-refractivity contribution < 1.29 is 14.3 Å². The Labute approximate surface area is 144 Å². The van der Waals surface area contributed by atoms with Crippen LogP contribution >= 0.6 is 22.9 Å². The van der Waals surface area contributed by atoms with Gasteiger partial charge in [-0.05, 0) is 47.4 Å². The molecule has 6 heteroatoms. The summed E-state index contributed by atoms with van der Waals surface area (Å²) in [5.41, 5.74) is 1.92. The fourth-order valence-corrected chi connectivity index (χ4v) is 2.86. The Hall–Kier alpha value is -1.85. The van der Waals surface area contributed by atoms with E-state index in [2.05, 4.69) is 5.32 Å². The number of thiophene rings is 1. The molecule has 2 rings (SSSR count). The van der Waals surface area contributed by atoms with Gasteiger partial charge in [-0.3, -0.25) is 9.59 Å². The predicted octanol–water partition coefficient (Wildman–Crippen LogP) is 3.58. The van der Waals surface area contributed by atoms with Crippen LogP contribution in [0.3, 0.4) is 0 Å². The summed E-state index contributed by atoms with van der Waals surface area (Å²) < 4.78 is 5.15. The summed E-state index contributed by atoms with van der Waals surface area (Å²) in [6, 6.07) is 9.24. The second-order valence-electron chi connectivity index (χ2n) is 5.07. The molecule has 1 N–H and O–H groups in total. The Kier molecular flexibility index (Phi) is 6.62. The molecule has 1 amide bonds. The van der Waals surface area contributed by atoms with Crippen molar-refractivity contribution in [3.8, 4) is 0 Å². The van der Waals surface area contributed by atoms with Gasteiger partial charge in [-0.15, -0.1) is 0 Å². The third kappa shape index (κ3) is 5.69. The highest BCUT2D eigenvalue weighted by atomic mass is 35.5. The number of benzene rings is 1. The Bertz CT molecular complexity index is 658. The van der Waals surface area contributed by atoms with Crippen molar-refractivity contribution in [2.45, 2.75) is 32.4 Å². The molecule has 1 aromatic heterocycles. The summed E-state index contributed by atoms with van der Waals surface area (Å²) >= 11 is 7.61. The number of esters is 1. The Balaban J connectivity index is 1.73. The van der Waals surface area contributed by atoms with Gasteiger partial charge >= 0.3 is 5.97 Å². The van der Waals surface area contributed by atoms with Crippen molar-refractivity contribution in [1.29, 1.82) is 0 Å². The van der Waals surface area contributed by atoms with Crippen molar-refractivity contribution in [2.75, 3.05) is 0 Å². The number of halogens is 1. The molecule has 1 heterocycles. The second-order valence-corrected chi connectivity index (χ2v) is 6.26. The highest BCUT2D eigenvalue weighted by molar-refractivity contribution is 7.07. The first-order valence-corrected chi connectivity index (χ1v) is 8.60. The molecule has 0 unspecified atom stereocenters. The second kappa shape index (κ2) is 8.70. The highest BCUT2D eigenvalue weighted by Gasteiger charge is 2.17. The number of hydrogen-bond donors (Lipinski definition) is 1. The van der Waals surface area contributed by atoms with Gasteiger partial charge in [0.1, 0.15) is 0 Å². The summed E-state index contributed by atoms with van der Waals surface area (Å²) in [4.78, 5) is 23.7. The van der Waals surface area contributed by atoms with Crippen LogP contribution in [0.5, 0.6) is 0 Å². The molecule has 4 nitrogen and oxygen atoms in total. The number of aryl methyl sites for hydroxylation is 1. The molecule has 1 atom stereocenters. The standard InChI is InChI=1S/C17H18ClNO3S/c1-12(22-16(20)7-6-13-8-9-23-11-13)17(21)19-10-14-4-2-3-5-15(14)18/h2-5,8-9,11-12H,6-7,10H2,1H3,(H,19,21)/t12-/m0/s1. The van der Waals surface area contributed by atoms with E-state index in [9.17, 15) is 9.59 Å². The lowest BCUT2D eigenvalue weighted by molar-refractivity contribution is -0.154. The van der Waals surface area contributed by atoms with Gasteiger partial charge in [0, 0.05) is 18.0 Å². The summed E-state index contributed by atoms with van der Waals surface area (Å²) in [5, 5.41) is 7.26. The van der Waals surface area contributed by atoms with Crippen molar-refractivity contribution >= 4 is 34.8 Å². The van der Waals surface area contributed by atoms with Gasteiger partial charge in [-0.2, -0.15) is 11.3 Å². The van der Waals surface area contributed by atoms with E-state index in [0.717, 1.165) is 11.1 Å². The van der Waals surface area contributed by atoms with Gasteiger partial charge in [0.2, 0.25) is 0 Å². The minimum absolute atomic E-state index is 0.263. The monoisotopic (exact) mass is 351 g/mol. The van der Waals surface area contributed by atoms with Crippen molar-refractivity contribution in [2.24, 2.45) is 0 Å². The molecule has 1 aromatic carbocycles. The third-order valence-electron chi connectivity index (χ3n) is 3.29. The first-order chi connectivity index (χ1) is 11.1. The molecule has 122 valence electrons. The Morgan fingerprint density at radius 2 is 2.09 bits per heavy atom. The maximum absolute atomic E-state index is 12.0. The topological polar surface area (TPSA) is 55.4 Å². The van der Waals surface area contributed by atoms with Crippen LogP contribution in [0.2, 0.25) is 5.02 Å². The smallest absolute Gasteiger partial charge is 0.306 e. The molecule has 0 radical (unpaired) electrons. The first-order valence-electron chi connectivity index (χ1n) is 7.28. The van der Waals surface area contributed by atoms with Gasteiger partial charge in [0.25, 0.3) is 5.91 Å². The fraction of sp³-hybridized carbons (Fsp3) is 0.294. The van der Waals surface area contributed by atoms with Gasteiger partial charge in [0.15, 0.2) is 6.10 Å². The molecular formula is C17H18ClNO3S. The van der Waals surface area contributed by atoms with Crippen LogP contribution < -0.4 is 5.32 Å². The van der Waals surface area contributed by atoms with Crippen LogP contribution in [-0.4, -0.2) is 18.0 Å². The van der Waals surface area contributed by atoms with E-state index < -0.39 is 6.10 Å². The molecule has 0 saturated heterocycles. The number of carbonyl (C=O) groups excluding carboxylic acids is 2. The summed E-state index contributed by atoms with van der Waals surface area (Å²) in [6.45, 7) is 1.86. The van der Waals surface area contributed by atoms with Crippen LogP contribution in [0, 0.1) is 0 Å². The van der Waals surface area contributed by atoms with Crippen molar-refractivity contribution in [3.05, 3.63) is 57.2 Å². The lowest BCUT2D eigenvalue weighted by Gasteiger charge is -2.14. The maximum Gasteiger partial charge on any atom is 0.306 e. The lowest BCUT2D eigenvalue weighted by Crippen LogP contribution is -2.35. The number of carbonyl (C=O) groups is 2. The molecule has 0 aliphatic heterocycles. The van der Waals surface area contributed by atoms with Crippen LogP contribution in [0.1, 0.15) is 24.5 Å². The van der Waals surface area contributed by atoms with E-state index in [1.54, 1.807) is 24.3 Å². The van der Waals surface area contributed by atoms with Crippen LogP contribution in [0.4, 0.5) is 0 Å². The highest BCUT2D eigenvalue weighted by Crippen LogP contribution is 2.14. The molecule has 0 spiro atoms. The van der Waals surface area contributed by atoms with Crippen LogP contribution in [0.15, 0.2) is 41.1 Å². The molecule has 23 heavy (non-hydrogen) atoms. The summed E-state index contributed by atoms with van der Waals surface area (Å²) in [7, 11) is 0. The van der Waals surface area contributed by atoms with Crippen LogP contribution in [0.25, 0.3) is 0 Å². The van der Waals surface area contributed by atoms with E-state index in [1.807, 2.05) is 35.0 Å². The van der Waals surface area contributed by atoms with Crippen molar-refractivity contribution in [1.82, 2.24) is 5.32 Å². The zero-order chi connectivity index (χ0) is 16.7. The minimum atomic E-state index is -0.826. The number of nitrogens with one attached hydrogen (secondary N) is 1. The Morgan fingerprint density at radius 1 is 1.30 bits per heavy atom. The van der Waals surface area contributed by atoms with Gasteiger partial charge < -0.3 is 10.1 Å². The van der Waals surface area contributed by atoms with Gasteiger partial charge in [-0.1, -0.05) is 29.8 Å². The normalized spacial score (nSPS) is 11.7. The molecule has 0 bridgehead atoms. The summed E-state index contributed by atoms with van der Waals surface area (Å²) in [5.74, 6) is -0.717. The molecule has 0 fully saturated rings. The zero-order valence-electron chi connectivity index (χ0n) is 12.8. The molecule has 0 saturated carbocycles. The molecule has 2 aromatic rings. The molecule has 0 aliphatic rings. The number of rotatable bonds is 7. The van der Waals surface area contributed by atoms with E-state index >= 15 is 0 Å². The number of amides is 1. The summed E-state index contributed by atoms with van der Waals surface area (Å²) in [6.07, 6.45) is 0.0577. The molecular weight excluding hydrogens is 334 g/mol. The molecule has 0 aliphatic carbocycles. The van der Waals surface area contributed by atoms with E-state index in [-0.39, 0.29) is 18.3 Å². The number of ether oxygens (including phenoxy) is 1. The van der Waals surface area contributed by atoms with Crippen molar-refractivity contribution in [3.63, 3.8) is 0 Å². The SMILES string of the molecule is C[C@H](OC(=O)CCc1ccsc1)C(=O)NCc1ccccc1Cl. The zero-order valence-corrected chi connectivity index (χ0v) is 14.3. The fourth-order valence-electron chi connectivity index (χ4n) is 1.96. The first kappa shape index (κ1) is 17.5. The van der Waals surface area contributed by atoms with Crippen LogP contribution in [-0.2, 0) is 27.3 Å².